The van der Waals surface area contributed by atoms with E-state index in [9.17, 15) is 23.7 Å². The molecule has 0 unspecified atom stereocenters. The van der Waals surface area contributed by atoms with Crippen LogP contribution in [0.15, 0.2) is 55.1 Å². The molecule has 2 aromatic carbocycles. The minimum Gasteiger partial charge on any atom is -0.337 e. The van der Waals surface area contributed by atoms with E-state index in [2.05, 4.69) is 9.97 Å². The van der Waals surface area contributed by atoms with Gasteiger partial charge in [0.25, 0.3) is 11.6 Å². The molecule has 1 amide bonds. The quantitative estimate of drug-likeness (QED) is 0.311. The number of aryl methyl sites for hydroxylation is 1. The van der Waals surface area contributed by atoms with Crippen molar-refractivity contribution >= 4 is 38.3 Å². The van der Waals surface area contributed by atoms with Crippen LogP contribution in [0.5, 0.6) is 0 Å². The molecule has 2 aromatic heterocycles. The highest BCUT2D eigenvalue weighted by atomic mass is 32.1. The van der Waals surface area contributed by atoms with Crippen LogP contribution in [-0.2, 0) is 6.54 Å². The first-order valence-electron chi connectivity index (χ1n) is 9.20. The highest BCUT2D eigenvalue weighted by molar-refractivity contribution is 7.22. The molecule has 0 atom stereocenters. The molecule has 158 valence electrons. The summed E-state index contributed by atoms with van der Waals surface area (Å²) in [7, 11) is 0. The van der Waals surface area contributed by atoms with Crippen LogP contribution >= 0.6 is 11.3 Å². The number of nitro benzene ring substituents is 1. The maximum absolute atomic E-state index is 14.1. The van der Waals surface area contributed by atoms with Gasteiger partial charge >= 0.3 is 0 Å². The lowest BCUT2D eigenvalue weighted by Crippen LogP contribution is -2.32. The van der Waals surface area contributed by atoms with E-state index in [1.165, 1.54) is 29.2 Å². The van der Waals surface area contributed by atoms with Gasteiger partial charge in [-0.25, -0.2) is 18.7 Å². The van der Waals surface area contributed by atoms with Crippen LogP contribution in [0, 0.1) is 21.7 Å². The second-order valence-electron chi connectivity index (χ2n) is 6.65. The van der Waals surface area contributed by atoms with Crippen molar-refractivity contribution in [3.05, 3.63) is 82.4 Å². The van der Waals surface area contributed by atoms with E-state index >= 15 is 0 Å². The summed E-state index contributed by atoms with van der Waals surface area (Å²) in [4.78, 5) is 33.2. The van der Waals surface area contributed by atoms with E-state index in [1.54, 1.807) is 18.7 Å². The van der Waals surface area contributed by atoms with Crippen molar-refractivity contribution in [2.24, 2.45) is 0 Å². The molecule has 0 bridgehead atoms. The number of nitrogens with zero attached hydrogens (tertiary/aromatic N) is 5. The van der Waals surface area contributed by atoms with Gasteiger partial charge in [-0.05, 0) is 18.6 Å². The van der Waals surface area contributed by atoms with Gasteiger partial charge < -0.3 is 4.57 Å². The zero-order chi connectivity index (χ0) is 22.0. The molecule has 0 aliphatic rings. The summed E-state index contributed by atoms with van der Waals surface area (Å²) in [5, 5.41) is 11.3. The van der Waals surface area contributed by atoms with Crippen LogP contribution in [0.25, 0.3) is 10.2 Å². The van der Waals surface area contributed by atoms with Gasteiger partial charge in [0.2, 0.25) is 0 Å². The van der Waals surface area contributed by atoms with E-state index < -0.39 is 22.5 Å². The van der Waals surface area contributed by atoms with E-state index in [4.69, 9.17) is 0 Å². The first-order chi connectivity index (χ1) is 14.9. The van der Waals surface area contributed by atoms with Crippen LogP contribution in [0.4, 0.5) is 19.6 Å². The Morgan fingerprint density at radius 2 is 2.10 bits per heavy atom. The molecule has 8 nitrogen and oxygen atoms in total. The van der Waals surface area contributed by atoms with Gasteiger partial charge in [0.05, 0.1) is 16.0 Å². The number of rotatable bonds is 7. The molecule has 0 N–H and O–H groups in total. The molecule has 0 spiro atoms. The Morgan fingerprint density at radius 1 is 1.26 bits per heavy atom. The summed E-state index contributed by atoms with van der Waals surface area (Å²) in [6.07, 6.45) is 5.58. The molecule has 0 radical (unpaired) electrons. The fourth-order valence-electron chi connectivity index (χ4n) is 3.08. The average Bonchev–Trinajstić information content (AvgIpc) is 3.40. The highest BCUT2D eigenvalue weighted by Crippen LogP contribution is 2.32. The smallest absolute Gasteiger partial charge is 0.270 e. The Hall–Kier alpha value is -3.73. The largest absolute Gasteiger partial charge is 0.337 e. The van der Waals surface area contributed by atoms with E-state index in [1.807, 2.05) is 4.57 Å². The Morgan fingerprint density at radius 3 is 2.84 bits per heavy atom. The number of fused-ring (bicyclic) bond motifs is 1. The van der Waals surface area contributed by atoms with E-state index in [-0.39, 0.29) is 33.1 Å². The minimum atomic E-state index is -0.821. The summed E-state index contributed by atoms with van der Waals surface area (Å²) in [6, 6.07) is 7.24. The zero-order valence-electron chi connectivity index (χ0n) is 15.9. The van der Waals surface area contributed by atoms with E-state index in [0.717, 1.165) is 23.5 Å². The molecular formula is C20H15F2N5O3S. The number of imidazole rings is 1. The third-order valence-corrected chi connectivity index (χ3v) is 5.56. The predicted molar refractivity (Wildman–Crippen MR) is 111 cm³/mol. The molecule has 0 aliphatic carbocycles. The van der Waals surface area contributed by atoms with E-state index in [0.29, 0.717) is 13.0 Å². The average molecular weight is 443 g/mol. The number of nitro groups is 1. The van der Waals surface area contributed by atoms with Crippen molar-refractivity contribution in [2.75, 3.05) is 11.4 Å². The van der Waals surface area contributed by atoms with Crippen molar-refractivity contribution in [2.45, 2.75) is 13.0 Å². The van der Waals surface area contributed by atoms with Crippen LogP contribution in [0.2, 0.25) is 0 Å². The molecular weight excluding hydrogens is 428 g/mol. The number of anilines is 1. The van der Waals surface area contributed by atoms with Gasteiger partial charge in [-0.2, -0.15) is 0 Å². The predicted octanol–water partition coefficient (Wildman–Crippen LogP) is 4.42. The number of aromatic nitrogens is 3. The second kappa shape index (κ2) is 8.56. The molecule has 0 saturated heterocycles. The number of thiazole rings is 1. The zero-order valence-corrected chi connectivity index (χ0v) is 16.8. The fourth-order valence-corrected chi connectivity index (χ4v) is 4.11. The molecule has 4 aromatic rings. The van der Waals surface area contributed by atoms with Gasteiger partial charge in [-0.1, -0.05) is 17.4 Å². The summed E-state index contributed by atoms with van der Waals surface area (Å²) in [5.74, 6) is -2.08. The van der Waals surface area contributed by atoms with Gasteiger partial charge in [0.15, 0.2) is 10.9 Å². The van der Waals surface area contributed by atoms with Crippen LogP contribution < -0.4 is 4.90 Å². The molecule has 4 rings (SSSR count). The monoisotopic (exact) mass is 443 g/mol. The normalized spacial score (nSPS) is 11.0. The Kier molecular flexibility index (Phi) is 5.67. The van der Waals surface area contributed by atoms with Crippen LogP contribution in [0.3, 0.4) is 0 Å². The number of non-ortho nitro benzene ring substituents is 1. The number of hydrogen-bond donors (Lipinski definition) is 0. The number of carbonyl (C=O) groups excluding carboxylic acids is 1. The lowest BCUT2D eigenvalue weighted by atomic mass is 10.1. The Labute approximate surface area is 178 Å². The molecule has 31 heavy (non-hydrogen) atoms. The van der Waals surface area contributed by atoms with Crippen LogP contribution in [0.1, 0.15) is 16.8 Å². The summed E-state index contributed by atoms with van der Waals surface area (Å²) < 4.78 is 29.8. The Bertz CT molecular complexity index is 1260. The van der Waals surface area contributed by atoms with Crippen molar-refractivity contribution in [1.82, 2.24) is 14.5 Å². The molecule has 11 heteroatoms. The molecule has 0 aliphatic heterocycles. The number of benzene rings is 2. The first kappa shape index (κ1) is 20.5. The third kappa shape index (κ3) is 4.40. The van der Waals surface area contributed by atoms with Gasteiger partial charge in [-0.15, -0.1) is 0 Å². The topological polar surface area (TPSA) is 94.2 Å². The van der Waals surface area contributed by atoms with Crippen molar-refractivity contribution in [1.29, 1.82) is 0 Å². The van der Waals surface area contributed by atoms with Crippen molar-refractivity contribution in [3.8, 4) is 0 Å². The molecule has 2 heterocycles. The van der Waals surface area contributed by atoms with Crippen LogP contribution in [-0.4, -0.2) is 31.9 Å². The summed E-state index contributed by atoms with van der Waals surface area (Å²) >= 11 is 0.976. The molecule has 0 saturated carbocycles. The number of halogens is 2. The SMILES string of the molecule is O=C(c1cccc([N+](=O)[O-])c1)N(CCCn1ccnc1)c1nc2c(F)cc(F)cc2s1. The standard InChI is InChI=1S/C20H15F2N5O3S/c21-14-10-16(22)18-17(11-14)31-20(24-18)26(7-2-6-25-8-5-23-12-25)19(28)13-3-1-4-15(9-13)27(29)30/h1,3-5,8-12H,2,6-7H2. The lowest BCUT2D eigenvalue weighted by Gasteiger charge is -2.20. The first-order valence-corrected chi connectivity index (χ1v) is 10.0. The number of amides is 1. The molecule has 0 fully saturated rings. The van der Waals surface area contributed by atoms with Crippen molar-refractivity contribution < 1.29 is 18.5 Å². The van der Waals surface area contributed by atoms with Gasteiger partial charge in [0, 0.05) is 49.2 Å². The minimum absolute atomic E-state index is 0.0344. The maximum atomic E-state index is 14.1. The lowest BCUT2D eigenvalue weighted by molar-refractivity contribution is -0.384. The fraction of sp³-hybridized carbons (Fsp3) is 0.150. The summed E-state index contributed by atoms with van der Waals surface area (Å²) in [5.41, 5.74) is -0.155. The summed E-state index contributed by atoms with van der Waals surface area (Å²) in [6.45, 7) is 0.774. The van der Waals surface area contributed by atoms with Gasteiger partial charge in [-0.3, -0.25) is 19.8 Å². The third-order valence-electron chi connectivity index (χ3n) is 4.54. The number of hydrogen-bond acceptors (Lipinski definition) is 6. The highest BCUT2D eigenvalue weighted by Gasteiger charge is 2.23. The van der Waals surface area contributed by atoms with Crippen molar-refractivity contribution in [3.63, 3.8) is 0 Å². The second-order valence-corrected chi connectivity index (χ2v) is 7.66. The van der Waals surface area contributed by atoms with Gasteiger partial charge in [0.1, 0.15) is 11.3 Å². The number of carbonyl (C=O) groups is 1. The Balaban J connectivity index is 1.68. The maximum Gasteiger partial charge on any atom is 0.270 e.